The minimum atomic E-state index is -0.573. The van der Waals surface area contributed by atoms with E-state index in [1.54, 1.807) is 19.2 Å². The van der Waals surface area contributed by atoms with Crippen LogP contribution in [0.25, 0.3) is 5.57 Å². The lowest BCUT2D eigenvalue weighted by Crippen LogP contribution is -2.09. The van der Waals surface area contributed by atoms with Gasteiger partial charge in [0.25, 0.3) is 0 Å². The molecule has 86 valence electrons. The lowest BCUT2D eigenvalue weighted by Gasteiger charge is -2.12. The van der Waals surface area contributed by atoms with Gasteiger partial charge in [0.05, 0.1) is 17.2 Å². The molecule has 1 N–H and O–H groups in total. The molecule has 0 atom stereocenters. The van der Waals surface area contributed by atoms with Crippen molar-refractivity contribution in [1.82, 2.24) is 0 Å². The Morgan fingerprint density at radius 2 is 2.47 bits per heavy atom. The molecule has 0 bridgehead atoms. The van der Waals surface area contributed by atoms with Gasteiger partial charge in [0.15, 0.2) is 0 Å². The molecule has 0 saturated carbocycles. The summed E-state index contributed by atoms with van der Waals surface area (Å²) < 4.78 is 4.87. The quantitative estimate of drug-likeness (QED) is 0.495. The Hall–Kier alpha value is -2.06. The molecule has 5 heteroatoms. The third kappa shape index (κ3) is 2.08. The molecule has 0 aliphatic carbocycles. The van der Waals surface area contributed by atoms with Gasteiger partial charge in [0.1, 0.15) is 11.6 Å². The number of hydrogen-bond donors (Lipinski definition) is 1. The fraction of sp³-hybridized carbons (Fsp3) is 0.167. The first-order valence-corrected chi connectivity index (χ1v) is 5.98. The molecule has 0 spiro atoms. The van der Waals surface area contributed by atoms with E-state index in [0.29, 0.717) is 5.57 Å². The molecule has 0 aromatic carbocycles. The number of carbonyl (C=O) groups is 1. The molecule has 0 saturated heterocycles. The van der Waals surface area contributed by atoms with E-state index in [0.717, 1.165) is 10.6 Å². The summed E-state index contributed by atoms with van der Waals surface area (Å²) in [7, 11) is 0. The SMILES string of the molecule is CCOC(=O)/C(C#N)=C1\C=CNc2ccsc21. The molecule has 1 aromatic rings. The third-order valence-corrected chi connectivity index (χ3v) is 3.21. The van der Waals surface area contributed by atoms with Crippen LogP contribution in [0, 0.1) is 11.3 Å². The summed E-state index contributed by atoms with van der Waals surface area (Å²) in [6.45, 7) is 1.98. The zero-order valence-corrected chi connectivity index (χ0v) is 10.0. The zero-order chi connectivity index (χ0) is 12.3. The van der Waals surface area contributed by atoms with Gasteiger partial charge >= 0.3 is 5.97 Å². The van der Waals surface area contributed by atoms with Crippen molar-refractivity contribution in [2.45, 2.75) is 6.92 Å². The molecule has 1 aliphatic rings. The van der Waals surface area contributed by atoms with Crippen molar-refractivity contribution in [2.75, 3.05) is 11.9 Å². The van der Waals surface area contributed by atoms with Crippen molar-refractivity contribution in [3.05, 3.63) is 34.2 Å². The number of thiophene rings is 1. The van der Waals surface area contributed by atoms with Crippen molar-refractivity contribution in [2.24, 2.45) is 0 Å². The van der Waals surface area contributed by atoms with Crippen molar-refractivity contribution >= 4 is 28.6 Å². The molecular formula is C12H10N2O2S. The lowest BCUT2D eigenvalue weighted by atomic mass is 10.0. The molecule has 1 aliphatic heterocycles. The van der Waals surface area contributed by atoms with Crippen molar-refractivity contribution in [3.63, 3.8) is 0 Å². The predicted molar refractivity (Wildman–Crippen MR) is 66.2 cm³/mol. The van der Waals surface area contributed by atoms with Crippen LogP contribution in [0.2, 0.25) is 0 Å². The van der Waals surface area contributed by atoms with Gasteiger partial charge in [0, 0.05) is 11.8 Å². The number of esters is 1. The number of carbonyl (C=O) groups excluding carboxylic acids is 1. The van der Waals surface area contributed by atoms with Crippen LogP contribution in [0.15, 0.2) is 29.3 Å². The van der Waals surface area contributed by atoms with Gasteiger partial charge in [-0.05, 0) is 24.4 Å². The van der Waals surface area contributed by atoms with Gasteiger partial charge < -0.3 is 10.1 Å². The van der Waals surface area contributed by atoms with Crippen LogP contribution >= 0.6 is 11.3 Å². The normalized spacial score (nSPS) is 15.5. The second kappa shape index (κ2) is 4.85. The third-order valence-electron chi connectivity index (χ3n) is 2.26. The molecular weight excluding hydrogens is 236 g/mol. The van der Waals surface area contributed by atoms with Crippen molar-refractivity contribution < 1.29 is 9.53 Å². The Bertz CT molecular complexity index is 549. The van der Waals surface area contributed by atoms with Crippen LogP contribution in [-0.2, 0) is 9.53 Å². The Kier molecular flexibility index (Phi) is 3.26. The number of anilines is 1. The van der Waals surface area contributed by atoms with Crippen LogP contribution in [0.5, 0.6) is 0 Å². The maximum atomic E-state index is 11.7. The Labute approximate surface area is 103 Å². The van der Waals surface area contributed by atoms with E-state index in [2.05, 4.69) is 5.32 Å². The average Bonchev–Trinajstić information content (AvgIpc) is 2.79. The van der Waals surface area contributed by atoms with Gasteiger partial charge in [-0.1, -0.05) is 0 Å². The van der Waals surface area contributed by atoms with E-state index < -0.39 is 5.97 Å². The lowest BCUT2D eigenvalue weighted by molar-refractivity contribution is -0.137. The Morgan fingerprint density at radius 1 is 1.65 bits per heavy atom. The number of nitrogens with one attached hydrogen (secondary N) is 1. The average molecular weight is 246 g/mol. The monoisotopic (exact) mass is 246 g/mol. The van der Waals surface area contributed by atoms with E-state index in [1.165, 1.54) is 11.3 Å². The summed E-state index contributed by atoms with van der Waals surface area (Å²) in [6.07, 6.45) is 3.43. The molecule has 0 fully saturated rings. The first-order chi connectivity index (χ1) is 8.27. The predicted octanol–water partition coefficient (Wildman–Crippen LogP) is 2.53. The highest BCUT2D eigenvalue weighted by Gasteiger charge is 2.20. The summed E-state index contributed by atoms with van der Waals surface area (Å²) in [6, 6.07) is 3.83. The van der Waals surface area contributed by atoms with Crippen LogP contribution < -0.4 is 5.32 Å². The summed E-state index contributed by atoms with van der Waals surface area (Å²) in [5, 5.41) is 14.0. The van der Waals surface area contributed by atoms with Crippen molar-refractivity contribution in [3.8, 4) is 6.07 Å². The highest BCUT2D eigenvalue weighted by Crippen LogP contribution is 2.35. The Morgan fingerprint density at radius 3 is 3.18 bits per heavy atom. The molecule has 2 heterocycles. The molecule has 0 unspecified atom stereocenters. The van der Waals surface area contributed by atoms with Crippen LogP contribution in [-0.4, -0.2) is 12.6 Å². The van der Waals surface area contributed by atoms with Crippen LogP contribution in [0.3, 0.4) is 0 Å². The maximum Gasteiger partial charge on any atom is 0.349 e. The van der Waals surface area contributed by atoms with Gasteiger partial charge in [-0.15, -0.1) is 11.3 Å². The summed E-state index contributed by atoms with van der Waals surface area (Å²) in [5.74, 6) is -0.573. The first-order valence-electron chi connectivity index (χ1n) is 5.10. The molecule has 2 rings (SSSR count). The molecule has 4 nitrogen and oxygen atoms in total. The van der Waals surface area contributed by atoms with E-state index >= 15 is 0 Å². The van der Waals surface area contributed by atoms with Crippen LogP contribution in [0.1, 0.15) is 11.8 Å². The van der Waals surface area contributed by atoms with E-state index in [4.69, 9.17) is 10.00 Å². The number of nitrogens with zero attached hydrogens (tertiary/aromatic N) is 1. The minimum absolute atomic E-state index is 0.0494. The number of allylic oxidation sites excluding steroid dienone is 2. The Balaban J connectivity index is 2.50. The number of rotatable bonds is 2. The van der Waals surface area contributed by atoms with Crippen LogP contribution in [0.4, 0.5) is 5.69 Å². The molecule has 0 amide bonds. The maximum absolute atomic E-state index is 11.7. The number of ether oxygens (including phenoxy) is 1. The topological polar surface area (TPSA) is 62.1 Å². The fourth-order valence-electron chi connectivity index (χ4n) is 1.54. The molecule has 17 heavy (non-hydrogen) atoms. The standard InChI is InChI=1S/C12H10N2O2S/c1-2-16-12(15)9(7-13)8-3-5-14-10-4-6-17-11(8)10/h3-6,14H,2H2,1H3/b9-8+. The summed E-state index contributed by atoms with van der Waals surface area (Å²) in [4.78, 5) is 12.5. The summed E-state index contributed by atoms with van der Waals surface area (Å²) in [5.41, 5.74) is 1.58. The van der Waals surface area contributed by atoms with E-state index in [9.17, 15) is 4.79 Å². The number of nitriles is 1. The van der Waals surface area contributed by atoms with Gasteiger partial charge in [-0.2, -0.15) is 5.26 Å². The fourth-order valence-corrected chi connectivity index (χ4v) is 2.43. The number of hydrogen-bond acceptors (Lipinski definition) is 5. The first kappa shape index (κ1) is 11.4. The molecule has 1 aromatic heterocycles. The zero-order valence-electron chi connectivity index (χ0n) is 9.19. The van der Waals surface area contributed by atoms with Crippen molar-refractivity contribution in [1.29, 1.82) is 5.26 Å². The second-order valence-corrected chi connectivity index (χ2v) is 4.18. The van der Waals surface area contributed by atoms with E-state index in [1.807, 2.05) is 17.5 Å². The van der Waals surface area contributed by atoms with E-state index in [-0.39, 0.29) is 12.2 Å². The molecule has 0 radical (unpaired) electrons. The summed E-state index contributed by atoms with van der Waals surface area (Å²) >= 11 is 1.48. The smallest absolute Gasteiger partial charge is 0.349 e. The highest BCUT2D eigenvalue weighted by atomic mass is 32.1. The van der Waals surface area contributed by atoms with Gasteiger partial charge in [-0.3, -0.25) is 0 Å². The number of fused-ring (bicyclic) bond motifs is 1. The highest BCUT2D eigenvalue weighted by molar-refractivity contribution is 7.11. The van der Waals surface area contributed by atoms with Gasteiger partial charge in [-0.25, -0.2) is 4.79 Å². The largest absolute Gasteiger partial charge is 0.462 e. The second-order valence-electron chi connectivity index (χ2n) is 3.26. The minimum Gasteiger partial charge on any atom is -0.462 e. The van der Waals surface area contributed by atoms with Gasteiger partial charge in [0.2, 0.25) is 0 Å².